The summed E-state index contributed by atoms with van der Waals surface area (Å²) in [5, 5.41) is 19.1. The molecular weight excluding hydrogens is 354 g/mol. The molecule has 5 heteroatoms. The number of phenols is 1. The van der Waals surface area contributed by atoms with Crippen molar-refractivity contribution in [3.63, 3.8) is 0 Å². The molecule has 0 atom stereocenters. The molecule has 2 rings (SSSR count). The third-order valence-electron chi connectivity index (χ3n) is 4.42. The summed E-state index contributed by atoms with van der Waals surface area (Å²) in [5.74, 6) is 1.31. The fourth-order valence-corrected chi connectivity index (χ4v) is 2.91. The molecule has 148 valence electrons. The van der Waals surface area contributed by atoms with Crippen LogP contribution in [0.1, 0.15) is 61.0 Å². The van der Waals surface area contributed by atoms with Crippen LogP contribution in [0, 0.1) is 11.3 Å². The van der Waals surface area contributed by atoms with Gasteiger partial charge in [0.2, 0.25) is 0 Å². The summed E-state index contributed by atoms with van der Waals surface area (Å²) in [6, 6.07) is 12.6. The van der Waals surface area contributed by atoms with Gasteiger partial charge in [0, 0.05) is 5.56 Å². The second-order valence-corrected chi connectivity index (χ2v) is 6.64. The summed E-state index contributed by atoms with van der Waals surface area (Å²) in [5.41, 5.74) is 1.67. The van der Waals surface area contributed by atoms with E-state index in [1.165, 1.54) is 6.92 Å². The lowest BCUT2D eigenvalue weighted by atomic mass is 10.0. The first-order valence-electron chi connectivity index (χ1n) is 9.68. The number of hydrogen-bond acceptors (Lipinski definition) is 5. The molecule has 0 amide bonds. The minimum Gasteiger partial charge on any atom is -0.507 e. The summed E-state index contributed by atoms with van der Waals surface area (Å²) < 4.78 is 11.5. The van der Waals surface area contributed by atoms with Gasteiger partial charge in [0.05, 0.1) is 30.4 Å². The van der Waals surface area contributed by atoms with Gasteiger partial charge in [-0.2, -0.15) is 5.26 Å². The number of unbranched alkanes of at least 4 members (excludes halogenated alkanes) is 2. The Hall–Kier alpha value is -3.00. The number of phenolic OH excluding ortho intramolecular Hbond substituents is 1. The third-order valence-corrected chi connectivity index (χ3v) is 4.42. The van der Waals surface area contributed by atoms with E-state index in [0.717, 1.165) is 31.4 Å². The number of nitriles is 1. The van der Waals surface area contributed by atoms with E-state index in [1.807, 2.05) is 6.92 Å². The van der Waals surface area contributed by atoms with Gasteiger partial charge in [-0.25, -0.2) is 0 Å². The van der Waals surface area contributed by atoms with Crippen LogP contribution >= 0.6 is 0 Å². The number of ketones is 1. The molecule has 0 saturated carbocycles. The van der Waals surface area contributed by atoms with Crippen LogP contribution in [0.25, 0.3) is 0 Å². The van der Waals surface area contributed by atoms with Crippen LogP contribution in [0.3, 0.4) is 0 Å². The van der Waals surface area contributed by atoms with E-state index in [1.54, 1.807) is 36.4 Å². The Kier molecular flexibility index (Phi) is 8.36. The highest BCUT2D eigenvalue weighted by atomic mass is 16.5. The van der Waals surface area contributed by atoms with Gasteiger partial charge in [-0.15, -0.1) is 0 Å². The maximum atomic E-state index is 11.6. The van der Waals surface area contributed by atoms with Crippen molar-refractivity contribution in [2.45, 2.75) is 46.0 Å². The van der Waals surface area contributed by atoms with Crippen molar-refractivity contribution < 1.29 is 19.4 Å². The average molecular weight is 381 g/mol. The van der Waals surface area contributed by atoms with Crippen LogP contribution in [0.5, 0.6) is 17.2 Å². The van der Waals surface area contributed by atoms with Crippen molar-refractivity contribution in [2.24, 2.45) is 0 Å². The number of Topliss-reactive ketones (excluding diaryl/α,β-unsaturated/α-hetero) is 1. The van der Waals surface area contributed by atoms with E-state index in [0.29, 0.717) is 42.1 Å². The van der Waals surface area contributed by atoms with Crippen LogP contribution in [-0.4, -0.2) is 24.1 Å². The normalized spacial score (nSPS) is 10.3. The summed E-state index contributed by atoms with van der Waals surface area (Å²) in [6.07, 6.45) is 4.26. The molecule has 0 heterocycles. The molecule has 0 radical (unpaired) electrons. The van der Waals surface area contributed by atoms with Crippen LogP contribution in [0.2, 0.25) is 0 Å². The van der Waals surface area contributed by atoms with Crippen LogP contribution < -0.4 is 9.47 Å². The lowest BCUT2D eigenvalue weighted by molar-refractivity contribution is 0.101. The fraction of sp³-hybridized carbons (Fsp3) is 0.391. The molecule has 0 aliphatic heterocycles. The van der Waals surface area contributed by atoms with Crippen molar-refractivity contribution in [1.82, 2.24) is 0 Å². The quantitative estimate of drug-likeness (QED) is 0.435. The number of carbonyl (C=O) groups is 1. The Morgan fingerprint density at radius 1 is 1.04 bits per heavy atom. The molecule has 28 heavy (non-hydrogen) atoms. The molecule has 2 aromatic carbocycles. The predicted octanol–water partition coefficient (Wildman–Crippen LogP) is 5.05. The Bertz CT molecular complexity index is 822. The SMILES string of the molecule is CCCc1c(OCCCCCOc2ccc(C#N)cc2)ccc(C(C)=O)c1O. The largest absolute Gasteiger partial charge is 0.507 e. The van der Waals surface area contributed by atoms with Gasteiger partial charge in [-0.3, -0.25) is 4.79 Å². The van der Waals surface area contributed by atoms with Crippen LogP contribution in [0.4, 0.5) is 0 Å². The van der Waals surface area contributed by atoms with Gasteiger partial charge in [0.1, 0.15) is 17.2 Å². The molecule has 0 aromatic heterocycles. The molecule has 2 aromatic rings. The number of carbonyl (C=O) groups excluding carboxylic acids is 1. The zero-order valence-electron chi connectivity index (χ0n) is 16.5. The van der Waals surface area contributed by atoms with Gasteiger partial charge >= 0.3 is 0 Å². The van der Waals surface area contributed by atoms with Gasteiger partial charge in [-0.1, -0.05) is 13.3 Å². The van der Waals surface area contributed by atoms with Crippen LogP contribution in [0.15, 0.2) is 36.4 Å². The summed E-state index contributed by atoms with van der Waals surface area (Å²) in [7, 11) is 0. The van der Waals surface area contributed by atoms with Crippen molar-refractivity contribution in [3.8, 4) is 23.3 Å². The summed E-state index contributed by atoms with van der Waals surface area (Å²) in [4.78, 5) is 11.6. The van der Waals surface area contributed by atoms with Crippen molar-refractivity contribution in [1.29, 1.82) is 5.26 Å². The Morgan fingerprint density at radius 3 is 2.32 bits per heavy atom. The lowest BCUT2D eigenvalue weighted by Gasteiger charge is -2.14. The molecule has 5 nitrogen and oxygen atoms in total. The Morgan fingerprint density at radius 2 is 1.71 bits per heavy atom. The molecule has 0 aliphatic rings. The predicted molar refractivity (Wildman–Crippen MR) is 108 cm³/mol. The number of rotatable bonds is 11. The summed E-state index contributed by atoms with van der Waals surface area (Å²) in [6.45, 7) is 4.64. The zero-order chi connectivity index (χ0) is 20.4. The lowest BCUT2D eigenvalue weighted by Crippen LogP contribution is -2.04. The van der Waals surface area contributed by atoms with Gasteiger partial charge < -0.3 is 14.6 Å². The summed E-state index contributed by atoms with van der Waals surface area (Å²) >= 11 is 0. The van der Waals surface area contributed by atoms with Crippen molar-refractivity contribution in [2.75, 3.05) is 13.2 Å². The first kappa shape index (κ1) is 21.3. The van der Waals surface area contributed by atoms with E-state index in [4.69, 9.17) is 14.7 Å². The smallest absolute Gasteiger partial charge is 0.163 e. The topological polar surface area (TPSA) is 79.5 Å². The molecule has 0 spiro atoms. The van der Waals surface area contributed by atoms with Gasteiger partial charge in [0.15, 0.2) is 5.78 Å². The van der Waals surface area contributed by atoms with E-state index in [2.05, 4.69) is 6.07 Å². The molecule has 0 bridgehead atoms. The first-order valence-corrected chi connectivity index (χ1v) is 9.68. The van der Waals surface area contributed by atoms with E-state index in [-0.39, 0.29) is 11.5 Å². The second kappa shape index (κ2) is 11.0. The first-order chi connectivity index (χ1) is 13.6. The highest BCUT2D eigenvalue weighted by molar-refractivity contribution is 5.97. The Labute approximate surface area is 166 Å². The molecule has 0 unspecified atom stereocenters. The maximum Gasteiger partial charge on any atom is 0.163 e. The van der Waals surface area contributed by atoms with Gasteiger partial charge in [-0.05, 0) is 69.0 Å². The number of nitrogens with zero attached hydrogens (tertiary/aromatic N) is 1. The van der Waals surface area contributed by atoms with Crippen molar-refractivity contribution in [3.05, 3.63) is 53.1 Å². The number of hydrogen-bond donors (Lipinski definition) is 1. The minimum absolute atomic E-state index is 0.0441. The average Bonchev–Trinajstić information content (AvgIpc) is 2.69. The fourth-order valence-electron chi connectivity index (χ4n) is 2.91. The van der Waals surface area contributed by atoms with E-state index >= 15 is 0 Å². The molecule has 0 aliphatic carbocycles. The second-order valence-electron chi connectivity index (χ2n) is 6.64. The van der Waals surface area contributed by atoms with E-state index in [9.17, 15) is 9.90 Å². The zero-order valence-corrected chi connectivity index (χ0v) is 16.5. The molecule has 1 N–H and O–H groups in total. The van der Waals surface area contributed by atoms with Gasteiger partial charge in [0.25, 0.3) is 0 Å². The number of benzene rings is 2. The molecule has 0 fully saturated rings. The third kappa shape index (κ3) is 6.02. The monoisotopic (exact) mass is 381 g/mol. The van der Waals surface area contributed by atoms with E-state index < -0.39 is 0 Å². The highest BCUT2D eigenvalue weighted by Crippen LogP contribution is 2.33. The van der Waals surface area contributed by atoms with Crippen molar-refractivity contribution >= 4 is 5.78 Å². The molecule has 0 saturated heterocycles. The number of aromatic hydroxyl groups is 1. The minimum atomic E-state index is -0.149. The highest BCUT2D eigenvalue weighted by Gasteiger charge is 2.15. The number of ether oxygens (including phenoxy) is 2. The standard InChI is InChI=1S/C23H27NO4/c1-3-7-21-22(13-12-20(17(2)25)23(21)26)28-15-6-4-5-14-27-19-10-8-18(16-24)9-11-19/h8-13,26H,3-7,14-15H2,1-2H3. The Balaban J connectivity index is 1.75. The molecular formula is C23H27NO4. The maximum absolute atomic E-state index is 11.6. The van der Waals surface area contributed by atoms with Crippen LogP contribution in [-0.2, 0) is 6.42 Å².